The van der Waals surface area contributed by atoms with Crippen LogP contribution in [0.5, 0.6) is 5.75 Å². The lowest BCUT2D eigenvalue weighted by molar-refractivity contribution is 0.197. The molecule has 1 aromatic carbocycles. The van der Waals surface area contributed by atoms with Crippen molar-refractivity contribution in [2.75, 3.05) is 26.2 Å². The van der Waals surface area contributed by atoms with Gasteiger partial charge in [0.15, 0.2) is 5.75 Å². The molecular formula is C29H41Cl2N3O2. The Kier molecular flexibility index (Phi) is 13.3. The summed E-state index contributed by atoms with van der Waals surface area (Å²) in [5.74, 6) is 1.31. The zero-order valence-corrected chi connectivity index (χ0v) is 23.1. The van der Waals surface area contributed by atoms with Gasteiger partial charge in [0.2, 0.25) is 0 Å². The Morgan fingerprint density at radius 2 is 1.81 bits per heavy atom. The van der Waals surface area contributed by atoms with E-state index in [4.69, 9.17) is 4.74 Å². The minimum atomic E-state index is -0.0623. The van der Waals surface area contributed by atoms with Gasteiger partial charge >= 0.3 is 0 Å². The third kappa shape index (κ3) is 8.79. The second kappa shape index (κ2) is 15.9. The highest BCUT2D eigenvalue weighted by molar-refractivity contribution is 5.85. The second-order valence-corrected chi connectivity index (χ2v) is 9.76. The van der Waals surface area contributed by atoms with Crippen molar-refractivity contribution in [2.24, 2.45) is 13.0 Å². The first-order chi connectivity index (χ1) is 16.7. The van der Waals surface area contributed by atoms with E-state index in [1.165, 1.54) is 50.6 Å². The van der Waals surface area contributed by atoms with Crippen molar-refractivity contribution in [3.8, 4) is 5.75 Å². The molecule has 0 unspecified atom stereocenters. The Morgan fingerprint density at radius 3 is 2.58 bits per heavy atom. The Hall–Kier alpha value is -2.08. The van der Waals surface area contributed by atoms with Crippen molar-refractivity contribution in [3.05, 3.63) is 70.8 Å². The highest BCUT2D eigenvalue weighted by atomic mass is 35.5. The molecule has 36 heavy (non-hydrogen) atoms. The number of ether oxygens (including phenoxy) is 1. The molecule has 1 aliphatic rings. The first kappa shape index (κ1) is 30.1. The van der Waals surface area contributed by atoms with Gasteiger partial charge < -0.3 is 14.2 Å². The minimum absolute atomic E-state index is 0. The average molecular weight is 535 g/mol. The lowest BCUT2D eigenvalue weighted by Crippen LogP contribution is -2.33. The molecule has 1 fully saturated rings. The Labute approximate surface area is 228 Å². The zero-order valence-electron chi connectivity index (χ0n) is 21.4. The molecule has 0 radical (unpaired) electrons. The number of pyridine rings is 2. The Balaban J connectivity index is 0.00000228. The van der Waals surface area contributed by atoms with Gasteiger partial charge in [-0.3, -0.25) is 9.78 Å². The number of rotatable bonds is 12. The molecule has 5 nitrogen and oxygen atoms in total. The van der Waals surface area contributed by atoms with E-state index in [0.717, 1.165) is 49.2 Å². The third-order valence-electron chi connectivity index (χ3n) is 7.16. The monoisotopic (exact) mass is 533 g/mol. The van der Waals surface area contributed by atoms with Gasteiger partial charge in [0.1, 0.15) is 0 Å². The van der Waals surface area contributed by atoms with Gasteiger partial charge in [-0.05, 0) is 74.8 Å². The number of nitrogens with zero attached hydrogens (tertiary/aromatic N) is 3. The van der Waals surface area contributed by atoms with E-state index in [-0.39, 0.29) is 30.4 Å². The van der Waals surface area contributed by atoms with Crippen molar-refractivity contribution in [2.45, 2.75) is 57.8 Å². The van der Waals surface area contributed by atoms with Crippen molar-refractivity contribution < 1.29 is 4.74 Å². The fourth-order valence-corrected chi connectivity index (χ4v) is 5.15. The smallest absolute Gasteiger partial charge is 0.293 e. The first-order valence-corrected chi connectivity index (χ1v) is 13.0. The predicted octanol–water partition coefficient (Wildman–Crippen LogP) is 6.45. The van der Waals surface area contributed by atoms with Crippen molar-refractivity contribution in [3.63, 3.8) is 0 Å². The summed E-state index contributed by atoms with van der Waals surface area (Å²) in [6, 6.07) is 14.0. The lowest BCUT2D eigenvalue weighted by atomic mass is 9.89. The van der Waals surface area contributed by atoms with Crippen LogP contribution in [0, 0.1) is 5.92 Å². The molecule has 2 heterocycles. The third-order valence-corrected chi connectivity index (χ3v) is 7.16. The van der Waals surface area contributed by atoms with Crippen LogP contribution in [0.25, 0.3) is 10.9 Å². The summed E-state index contributed by atoms with van der Waals surface area (Å²) in [4.78, 5) is 19.5. The molecule has 7 heteroatoms. The summed E-state index contributed by atoms with van der Waals surface area (Å²) < 4.78 is 7.58. The number of hydrogen-bond acceptors (Lipinski definition) is 4. The van der Waals surface area contributed by atoms with Gasteiger partial charge in [0.05, 0.1) is 12.1 Å². The van der Waals surface area contributed by atoms with E-state index in [1.807, 2.05) is 55.8 Å². The van der Waals surface area contributed by atoms with Gasteiger partial charge in [0, 0.05) is 37.9 Å². The van der Waals surface area contributed by atoms with Crippen LogP contribution in [0.15, 0.2) is 59.7 Å². The standard InChI is InChI=1S/C29H39N3O2.2ClH/c1-31-27-15-7-6-14-26(27)21-28(29(31)33)34-20-9-3-8-18-32(23-25-11-4-2-5-12-25)19-16-24-13-10-17-30-22-24;;/h6-7,10,13-15,17,21-22,25H,2-5,8-9,11-12,16,18-20,23H2,1H3;2*1H. The molecule has 0 spiro atoms. The van der Waals surface area contributed by atoms with E-state index in [1.54, 1.807) is 4.57 Å². The number of halogens is 2. The summed E-state index contributed by atoms with van der Waals surface area (Å²) >= 11 is 0. The zero-order chi connectivity index (χ0) is 23.6. The van der Waals surface area contributed by atoms with E-state index in [9.17, 15) is 4.79 Å². The predicted molar refractivity (Wildman–Crippen MR) is 154 cm³/mol. The van der Waals surface area contributed by atoms with Crippen LogP contribution in [0.4, 0.5) is 0 Å². The van der Waals surface area contributed by atoms with Crippen LogP contribution in [0.2, 0.25) is 0 Å². The summed E-state index contributed by atoms with van der Waals surface area (Å²) in [7, 11) is 1.81. The number of benzene rings is 1. The largest absolute Gasteiger partial charge is 0.488 e. The number of para-hydroxylation sites is 1. The highest BCUT2D eigenvalue weighted by Gasteiger charge is 2.17. The first-order valence-electron chi connectivity index (χ1n) is 13.0. The normalized spacial score (nSPS) is 13.8. The molecule has 0 atom stereocenters. The highest BCUT2D eigenvalue weighted by Crippen LogP contribution is 2.24. The number of fused-ring (bicyclic) bond motifs is 1. The SMILES string of the molecule is Cl.Cl.Cn1c(=O)c(OCCCCCN(CCc2cccnc2)CC2CCCCC2)cc2ccccc21. The van der Waals surface area contributed by atoms with Crippen LogP contribution in [0.3, 0.4) is 0 Å². The topological polar surface area (TPSA) is 47.4 Å². The number of hydrogen-bond donors (Lipinski definition) is 0. The molecule has 0 N–H and O–H groups in total. The summed E-state index contributed by atoms with van der Waals surface area (Å²) in [6.45, 7) is 4.05. The molecule has 2 aromatic heterocycles. The molecule has 0 amide bonds. The maximum Gasteiger partial charge on any atom is 0.293 e. The maximum atomic E-state index is 12.6. The van der Waals surface area contributed by atoms with Crippen molar-refractivity contribution >= 4 is 35.7 Å². The molecule has 198 valence electrons. The molecule has 4 rings (SSSR count). The van der Waals surface area contributed by atoms with Gasteiger partial charge in [-0.15, -0.1) is 24.8 Å². The van der Waals surface area contributed by atoms with Crippen LogP contribution < -0.4 is 10.3 Å². The van der Waals surface area contributed by atoms with Gasteiger partial charge in [0.25, 0.3) is 5.56 Å². The molecule has 1 saturated carbocycles. The molecular weight excluding hydrogens is 493 g/mol. The Morgan fingerprint density at radius 1 is 1.00 bits per heavy atom. The van der Waals surface area contributed by atoms with Crippen molar-refractivity contribution in [1.82, 2.24) is 14.5 Å². The molecule has 1 aliphatic carbocycles. The molecule has 0 saturated heterocycles. The van der Waals surface area contributed by atoms with Crippen LogP contribution in [-0.2, 0) is 13.5 Å². The van der Waals surface area contributed by atoms with Gasteiger partial charge in [-0.1, -0.05) is 43.5 Å². The Bertz CT molecular complexity index is 1080. The van der Waals surface area contributed by atoms with E-state index >= 15 is 0 Å². The van der Waals surface area contributed by atoms with Crippen LogP contribution in [0.1, 0.15) is 56.9 Å². The average Bonchev–Trinajstić information content (AvgIpc) is 2.88. The van der Waals surface area contributed by atoms with Crippen molar-refractivity contribution in [1.29, 1.82) is 0 Å². The number of aromatic nitrogens is 2. The van der Waals surface area contributed by atoms with Gasteiger partial charge in [-0.25, -0.2) is 0 Å². The molecule has 0 aliphatic heterocycles. The van der Waals surface area contributed by atoms with Crippen LogP contribution in [-0.4, -0.2) is 40.7 Å². The van der Waals surface area contributed by atoms with Crippen LogP contribution >= 0.6 is 24.8 Å². The summed E-state index contributed by atoms with van der Waals surface area (Å²) in [5.41, 5.74) is 2.19. The summed E-state index contributed by atoms with van der Waals surface area (Å²) in [5, 5.41) is 1.03. The maximum absolute atomic E-state index is 12.6. The number of unbranched alkanes of at least 4 members (excludes halogenated alkanes) is 2. The summed E-state index contributed by atoms with van der Waals surface area (Å²) in [6.07, 6.45) is 15.1. The second-order valence-electron chi connectivity index (χ2n) is 9.76. The van der Waals surface area contributed by atoms with E-state index < -0.39 is 0 Å². The fourth-order valence-electron chi connectivity index (χ4n) is 5.15. The molecule has 3 aromatic rings. The fraction of sp³-hybridized carbons (Fsp3) is 0.517. The number of aryl methyl sites for hydroxylation is 1. The van der Waals surface area contributed by atoms with E-state index in [2.05, 4.69) is 16.0 Å². The van der Waals surface area contributed by atoms with E-state index in [0.29, 0.717) is 12.4 Å². The molecule has 0 bridgehead atoms. The minimum Gasteiger partial charge on any atom is -0.488 e. The van der Waals surface area contributed by atoms with Gasteiger partial charge in [-0.2, -0.15) is 0 Å². The quantitative estimate of drug-likeness (QED) is 0.251. The lowest BCUT2D eigenvalue weighted by Gasteiger charge is -2.30.